The van der Waals surface area contributed by atoms with Crippen molar-refractivity contribution in [2.45, 2.75) is 25.7 Å². The summed E-state index contributed by atoms with van der Waals surface area (Å²) in [6, 6.07) is 3.81. The highest BCUT2D eigenvalue weighted by atomic mass is 16.5. The fourth-order valence-electron chi connectivity index (χ4n) is 1.86. The summed E-state index contributed by atoms with van der Waals surface area (Å²) in [5.74, 6) is 2.62. The smallest absolute Gasteiger partial charge is 0.168 e. The van der Waals surface area contributed by atoms with Crippen LogP contribution in [0.5, 0.6) is 5.75 Å². The molecule has 0 saturated heterocycles. The summed E-state index contributed by atoms with van der Waals surface area (Å²) in [5, 5.41) is 3.33. The van der Waals surface area contributed by atoms with E-state index in [2.05, 4.69) is 10.3 Å². The molecule has 1 N–H and O–H groups in total. The van der Waals surface area contributed by atoms with Crippen molar-refractivity contribution in [3.05, 3.63) is 18.3 Å². The summed E-state index contributed by atoms with van der Waals surface area (Å²) in [4.78, 5) is 4.25. The van der Waals surface area contributed by atoms with Crippen LogP contribution in [-0.2, 0) is 0 Å². The first kappa shape index (κ1) is 10.3. The van der Waals surface area contributed by atoms with Crippen molar-refractivity contribution in [3.8, 4) is 5.75 Å². The molecular formula is C12H18N2O. The Balaban J connectivity index is 1.81. The molecule has 1 fully saturated rings. The standard InChI is InChI=1S/C12H18N2O/c1-15-11-6-3-8-13-12(11)14-9-7-10-4-2-5-10/h3,6,8,10H,2,4-5,7,9H2,1H3,(H,13,14). The Morgan fingerprint density at radius 2 is 2.40 bits per heavy atom. The highest BCUT2D eigenvalue weighted by molar-refractivity contribution is 5.49. The van der Waals surface area contributed by atoms with Gasteiger partial charge in [-0.1, -0.05) is 19.3 Å². The molecule has 0 aromatic carbocycles. The van der Waals surface area contributed by atoms with Crippen molar-refractivity contribution in [1.82, 2.24) is 4.98 Å². The molecule has 82 valence electrons. The third-order valence-corrected chi connectivity index (χ3v) is 3.06. The van der Waals surface area contributed by atoms with Crippen molar-refractivity contribution in [2.24, 2.45) is 5.92 Å². The second kappa shape index (κ2) is 5.01. The van der Waals surface area contributed by atoms with Gasteiger partial charge in [-0.3, -0.25) is 0 Å². The molecule has 1 heterocycles. The Kier molecular flexibility index (Phi) is 3.43. The number of aromatic nitrogens is 1. The molecule has 0 amide bonds. The van der Waals surface area contributed by atoms with Crippen LogP contribution in [0.2, 0.25) is 0 Å². The van der Waals surface area contributed by atoms with Gasteiger partial charge >= 0.3 is 0 Å². The van der Waals surface area contributed by atoms with Crippen LogP contribution in [-0.4, -0.2) is 18.6 Å². The quantitative estimate of drug-likeness (QED) is 0.804. The maximum absolute atomic E-state index is 5.22. The minimum atomic E-state index is 0.825. The van der Waals surface area contributed by atoms with E-state index in [1.54, 1.807) is 13.3 Å². The highest BCUT2D eigenvalue weighted by Gasteiger charge is 2.16. The van der Waals surface area contributed by atoms with Gasteiger partial charge in [0.25, 0.3) is 0 Å². The molecule has 0 atom stereocenters. The van der Waals surface area contributed by atoms with Crippen molar-refractivity contribution >= 4 is 5.82 Å². The zero-order valence-corrected chi connectivity index (χ0v) is 9.20. The number of methoxy groups -OCH3 is 1. The number of anilines is 1. The largest absolute Gasteiger partial charge is 0.493 e. The third-order valence-electron chi connectivity index (χ3n) is 3.06. The van der Waals surface area contributed by atoms with Gasteiger partial charge in [0.1, 0.15) is 0 Å². The van der Waals surface area contributed by atoms with Crippen molar-refractivity contribution in [3.63, 3.8) is 0 Å². The number of ether oxygens (including phenoxy) is 1. The van der Waals surface area contributed by atoms with Crippen LogP contribution in [0, 0.1) is 5.92 Å². The lowest BCUT2D eigenvalue weighted by Crippen LogP contribution is -2.16. The predicted octanol–water partition coefficient (Wildman–Crippen LogP) is 2.69. The minimum Gasteiger partial charge on any atom is -0.493 e. The van der Waals surface area contributed by atoms with E-state index < -0.39 is 0 Å². The summed E-state index contributed by atoms with van der Waals surface area (Å²) in [6.45, 7) is 0.998. The average molecular weight is 206 g/mol. The highest BCUT2D eigenvalue weighted by Crippen LogP contribution is 2.29. The summed E-state index contributed by atoms with van der Waals surface area (Å²) in [6.07, 6.45) is 7.26. The van der Waals surface area contributed by atoms with Crippen LogP contribution >= 0.6 is 0 Å². The number of nitrogens with zero attached hydrogens (tertiary/aromatic N) is 1. The molecule has 0 unspecified atom stereocenters. The summed E-state index contributed by atoms with van der Waals surface area (Å²) in [7, 11) is 1.67. The van der Waals surface area contributed by atoms with E-state index in [4.69, 9.17) is 4.74 Å². The van der Waals surface area contributed by atoms with E-state index >= 15 is 0 Å². The lowest BCUT2D eigenvalue weighted by Gasteiger charge is -2.25. The molecule has 1 aromatic rings. The van der Waals surface area contributed by atoms with Gasteiger partial charge in [0.05, 0.1) is 7.11 Å². The fourth-order valence-corrected chi connectivity index (χ4v) is 1.86. The van der Waals surface area contributed by atoms with Crippen molar-refractivity contribution in [2.75, 3.05) is 19.0 Å². The Morgan fingerprint density at radius 3 is 3.07 bits per heavy atom. The fraction of sp³-hybridized carbons (Fsp3) is 0.583. The van der Waals surface area contributed by atoms with E-state index in [1.807, 2.05) is 12.1 Å². The number of hydrogen-bond donors (Lipinski definition) is 1. The molecule has 3 nitrogen and oxygen atoms in total. The van der Waals surface area contributed by atoms with Gasteiger partial charge in [0.2, 0.25) is 0 Å². The SMILES string of the molecule is COc1cccnc1NCCC1CCC1. The Labute approximate surface area is 90.9 Å². The molecule has 0 radical (unpaired) electrons. The monoisotopic (exact) mass is 206 g/mol. The van der Waals surface area contributed by atoms with Gasteiger partial charge < -0.3 is 10.1 Å². The van der Waals surface area contributed by atoms with Crippen LogP contribution in [0.15, 0.2) is 18.3 Å². The van der Waals surface area contributed by atoms with E-state index in [-0.39, 0.29) is 0 Å². The van der Waals surface area contributed by atoms with Crippen LogP contribution in [0.4, 0.5) is 5.82 Å². The average Bonchev–Trinajstić information content (AvgIpc) is 2.22. The normalized spacial score (nSPS) is 15.8. The van der Waals surface area contributed by atoms with Gasteiger partial charge in [0, 0.05) is 12.7 Å². The summed E-state index contributed by atoms with van der Waals surface area (Å²) in [5.41, 5.74) is 0. The molecule has 15 heavy (non-hydrogen) atoms. The molecule has 0 aliphatic heterocycles. The van der Waals surface area contributed by atoms with Gasteiger partial charge in [-0.2, -0.15) is 0 Å². The molecule has 1 aromatic heterocycles. The van der Waals surface area contributed by atoms with Crippen LogP contribution in [0.25, 0.3) is 0 Å². The van der Waals surface area contributed by atoms with E-state index in [9.17, 15) is 0 Å². The van der Waals surface area contributed by atoms with Gasteiger partial charge in [-0.05, 0) is 24.5 Å². The second-order valence-corrected chi connectivity index (χ2v) is 4.07. The zero-order valence-electron chi connectivity index (χ0n) is 9.20. The predicted molar refractivity (Wildman–Crippen MR) is 61.2 cm³/mol. The topological polar surface area (TPSA) is 34.1 Å². The molecule has 1 aliphatic carbocycles. The van der Waals surface area contributed by atoms with Crippen molar-refractivity contribution in [1.29, 1.82) is 0 Å². The molecule has 1 saturated carbocycles. The zero-order chi connectivity index (χ0) is 10.5. The van der Waals surface area contributed by atoms with E-state index in [1.165, 1.54) is 25.7 Å². The lowest BCUT2D eigenvalue weighted by molar-refractivity contribution is 0.302. The molecule has 0 spiro atoms. The first-order valence-corrected chi connectivity index (χ1v) is 5.63. The Morgan fingerprint density at radius 1 is 1.53 bits per heavy atom. The van der Waals surface area contributed by atoms with Crippen molar-refractivity contribution < 1.29 is 4.74 Å². The number of nitrogens with one attached hydrogen (secondary N) is 1. The second-order valence-electron chi connectivity index (χ2n) is 4.07. The minimum absolute atomic E-state index is 0.825. The molecular weight excluding hydrogens is 188 g/mol. The van der Waals surface area contributed by atoms with Gasteiger partial charge in [-0.15, -0.1) is 0 Å². The van der Waals surface area contributed by atoms with E-state index in [0.717, 1.165) is 24.0 Å². The number of hydrogen-bond acceptors (Lipinski definition) is 3. The first-order valence-electron chi connectivity index (χ1n) is 5.63. The van der Waals surface area contributed by atoms with E-state index in [0.29, 0.717) is 0 Å². The van der Waals surface area contributed by atoms with Gasteiger partial charge in [0.15, 0.2) is 11.6 Å². The molecule has 3 heteroatoms. The Bertz CT molecular complexity index is 310. The number of pyridine rings is 1. The van der Waals surface area contributed by atoms with Gasteiger partial charge in [-0.25, -0.2) is 4.98 Å². The maximum atomic E-state index is 5.22. The first-order chi connectivity index (χ1) is 7.40. The van der Waals surface area contributed by atoms with Crippen LogP contribution < -0.4 is 10.1 Å². The third kappa shape index (κ3) is 2.61. The molecule has 2 rings (SSSR count). The summed E-state index contributed by atoms with van der Waals surface area (Å²) >= 11 is 0. The maximum Gasteiger partial charge on any atom is 0.168 e. The summed E-state index contributed by atoms with van der Waals surface area (Å²) < 4.78 is 5.22. The molecule has 1 aliphatic rings. The number of rotatable bonds is 5. The lowest BCUT2D eigenvalue weighted by atomic mass is 9.83. The van der Waals surface area contributed by atoms with Crippen LogP contribution in [0.3, 0.4) is 0 Å². The Hall–Kier alpha value is -1.25. The molecule has 0 bridgehead atoms. The van der Waals surface area contributed by atoms with Crippen LogP contribution in [0.1, 0.15) is 25.7 Å².